The SMILES string of the molecule is CC(C)OC(=O)Nc1ccc(C2=C(C#N)c3ccc(OCCn4ncnn4)cc3C2C2CC2)cc1. The molecule has 5 rings (SSSR count). The van der Waals surface area contributed by atoms with Crippen molar-refractivity contribution in [3.63, 3.8) is 0 Å². The quantitative estimate of drug-likeness (QED) is 0.509. The van der Waals surface area contributed by atoms with Gasteiger partial charge in [-0.05, 0) is 90.4 Å². The van der Waals surface area contributed by atoms with Crippen LogP contribution in [-0.4, -0.2) is 39.0 Å². The van der Waals surface area contributed by atoms with Crippen molar-refractivity contribution in [3.05, 3.63) is 65.5 Å². The van der Waals surface area contributed by atoms with E-state index in [9.17, 15) is 10.1 Å². The highest BCUT2D eigenvalue weighted by Gasteiger charge is 2.42. The minimum Gasteiger partial charge on any atom is -0.492 e. The molecule has 3 aromatic rings. The predicted molar refractivity (Wildman–Crippen MR) is 129 cm³/mol. The van der Waals surface area contributed by atoms with E-state index in [1.807, 2.05) is 36.4 Å². The van der Waals surface area contributed by atoms with Crippen molar-refractivity contribution in [2.24, 2.45) is 5.92 Å². The van der Waals surface area contributed by atoms with E-state index in [0.29, 0.717) is 30.3 Å². The van der Waals surface area contributed by atoms with E-state index in [0.717, 1.165) is 40.9 Å². The molecule has 0 saturated heterocycles. The Morgan fingerprint density at radius 3 is 2.69 bits per heavy atom. The van der Waals surface area contributed by atoms with Crippen LogP contribution in [0.2, 0.25) is 0 Å². The van der Waals surface area contributed by atoms with Crippen LogP contribution in [0.5, 0.6) is 5.75 Å². The number of amides is 1. The summed E-state index contributed by atoms with van der Waals surface area (Å²) in [6.07, 6.45) is 2.99. The summed E-state index contributed by atoms with van der Waals surface area (Å²) in [4.78, 5) is 13.4. The Labute approximate surface area is 203 Å². The molecule has 2 aromatic carbocycles. The van der Waals surface area contributed by atoms with Crippen molar-refractivity contribution < 1.29 is 14.3 Å². The van der Waals surface area contributed by atoms with Gasteiger partial charge in [0.05, 0.1) is 18.2 Å². The molecule has 1 fully saturated rings. The molecule has 178 valence electrons. The first kappa shape index (κ1) is 22.6. The molecule has 2 aliphatic rings. The van der Waals surface area contributed by atoms with Crippen molar-refractivity contribution in [2.45, 2.75) is 45.3 Å². The standard InChI is InChI=1S/C26H26N6O3/c1-16(2)35-26(33)30-19-7-5-18(6-8-19)25-23(14-27)21-10-9-20(13-22(21)24(25)17-3-4-17)34-12-11-32-29-15-28-31-32/h5-10,13,15-17,24H,3-4,11-12H2,1-2H3,(H,30,33). The summed E-state index contributed by atoms with van der Waals surface area (Å²) in [7, 11) is 0. The molecule has 2 aliphatic carbocycles. The maximum absolute atomic E-state index is 11.9. The van der Waals surface area contributed by atoms with E-state index >= 15 is 0 Å². The van der Waals surface area contributed by atoms with Gasteiger partial charge in [0, 0.05) is 11.6 Å². The van der Waals surface area contributed by atoms with E-state index in [-0.39, 0.29) is 12.0 Å². The van der Waals surface area contributed by atoms with Gasteiger partial charge in [0.1, 0.15) is 18.4 Å². The fourth-order valence-corrected chi connectivity index (χ4v) is 4.57. The lowest BCUT2D eigenvalue weighted by molar-refractivity contribution is 0.130. The van der Waals surface area contributed by atoms with Gasteiger partial charge in [0.15, 0.2) is 6.33 Å². The number of anilines is 1. The van der Waals surface area contributed by atoms with Crippen molar-refractivity contribution in [1.29, 1.82) is 5.26 Å². The topological polar surface area (TPSA) is 115 Å². The molecule has 9 nitrogen and oxygen atoms in total. The third-order valence-electron chi connectivity index (χ3n) is 6.15. The molecule has 0 spiro atoms. The number of benzene rings is 2. The summed E-state index contributed by atoms with van der Waals surface area (Å²) < 4.78 is 11.1. The second-order valence-electron chi connectivity index (χ2n) is 9.00. The summed E-state index contributed by atoms with van der Waals surface area (Å²) in [5.41, 5.74) is 5.48. The van der Waals surface area contributed by atoms with Gasteiger partial charge in [-0.3, -0.25) is 5.32 Å². The fraction of sp³-hybridized carbons (Fsp3) is 0.346. The number of allylic oxidation sites excluding steroid dienone is 2. The number of ether oxygens (including phenoxy) is 2. The maximum Gasteiger partial charge on any atom is 0.411 e. The van der Waals surface area contributed by atoms with Crippen LogP contribution in [-0.2, 0) is 11.3 Å². The minimum atomic E-state index is -0.485. The third kappa shape index (κ3) is 4.87. The van der Waals surface area contributed by atoms with Crippen LogP contribution in [0, 0.1) is 17.2 Å². The molecule has 0 bridgehead atoms. The molecule has 1 aromatic heterocycles. The lowest BCUT2D eigenvalue weighted by Gasteiger charge is -2.18. The number of hydrogen-bond donors (Lipinski definition) is 1. The number of carbonyl (C=O) groups is 1. The molecular formula is C26H26N6O3. The number of nitriles is 1. The van der Waals surface area contributed by atoms with E-state index in [1.165, 1.54) is 11.1 Å². The van der Waals surface area contributed by atoms with Crippen molar-refractivity contribution >= 4 is 22.9 Å². The molecule has 1 N–H and O–H groups in total. The average molecular weight is 471 g/mol. The van der Waals surface area contributed by atoms with E-state index in [2.05, 4.69) is 32.9 Å². The summed E-state index contributed by atoms with van der Waals surface area (Å²) in [6, 6.07) is 16.0. The monoisotopic (exact) mass is 470 g/mol. The summed E-state index contributed by atoms with van der Waals surface area (Å²) >= 11 is 0. The highest BCUT2D eigenvalue weighted by atomic mass is 16.6. The maximum atomic E-state index is 11.9. The highest BCUT2D eigenvalue weighted by molar-refractivity contribution is 6.05. The van der Waals surface area contributed by atoms with Crippen molar-refractivity contribution in [2.75, 3.05) is 11.9 Å². The Morgan fingerprint density at radius 1 is 1.23 bits per heavy atom. The Kier molecular flexibility index (Phi) is 6.19. The van der Waals surface area contributed by atoms with Gasteiger partial charge in [-0.25, -0.2) is 4.79 Å². The first-order chi connectivity index (χ1) is 17.0. The minimum absolute atomic E-state index is 0.143. The average Bonchev–Trinajstić information content (AvgIpc) is 3.43. The van der Waals surface area contributed by atoms with E-state index in [1.54, 1.807) is 13.8 Å². The normalized spacial score (nSPS) is 16.7. The second kappa shape index (κ2) is 9.58. The van der Waals surface area contributed by atoms with Gasteiger partial charge in [0.25, 0.3) is 0 Å². The molecule has 1 atom stereocenters. The molecule has 1 unspecified atom stereocenters. The van der Waals surface area contributed by atoms with Crippen LogP contribution >= 0.6 is 0 Å². The molecule has 1 heterocycles. The number of aromatic nitrogens is 4. The van der Waals surface area contributed by atoms with Crippen LogP contribution in [0.25, 0.3) is 11.1 Å². The molecule has 35 heavy (non-hydrogen) atoms. The van der Waals surface area contributed by atoms with Gasteiger partial charge in [-0.1, -0.05) is 12.1 Å². The Bertz CT molecular complexity index is 1290. The number of tetrazole rings is 1. The summed E-state index contributed by atoms with van der Waals surface area (Å²) in [5, 5.41) is 24.4. The third-order valence-corrected chi connectivity index (χ3v) is 6.15. The van der Waals surface area contributed by atoms with Crippen molar-refractivity contribution in [1.82, 2.24) is 20.2 Å². The van der Waals surface area contributed by atoms with Crippen LogP contribution in [0.1, 0.15) is 49.3 Å². The number of fused-ring (bicyclic) bond motifs is 1. The number of nitrogens with zero attached hydrogens (tertiary/aromatic N) is 5. The Hall–Kier alpha value is -4.19. The summed E-state index contributed by atoms with van der Waals surface area (Å²) in [6.45, 7) is 4.53. The Morgan fingerprint density at radius 2 is 2.03 bits per heavy atom. The lowest BCUT2D eigenvalue weighted by atomic mass is 9.86. The van der Waals surface area contributed by atoms with Gasteiger partial charge in [-0.2, -0.15) is 10.1 Å². The van der Waals surface area contributed by atoms with Gasteiger partial charge in [-0.15, -0.1) is 10.2 Å². The zero-order valence-electron chi connectivity index (χ0n) is 19.6. The predicted octanol–water partition coefficient (Wildman–Crippen LogP) is 4.65. The highest BCUT2D eigenvalue weighted by Crippen LogP contribution is 2.57. The first-order valence-corrected chi connectivity index (χ1v) is 11.7. The first-order valence-electron chi connectivity index (χ1n) is 11.7. The molecule has 0 radical (unpaired) electrons. The largest absolute Gasteiger partial charge is 0.492 e. The fourth-order valence-electron chi connectivity index (χ4n) is 4.57. The molecule has 1 amide bonds. The van der Waals surface area contributed by atoms with E-state index in [4.69, 9.17) is 9.47 Å². The van der Waals surface area contributed by atoms with Gasteiger partial charge in [0.2, 0.25) is 0 Å². The zero-order chi connectivity index (χ0) is 24.4. The Balaban J connectivity index is 1.38. The van der Waals surface area contributed by atoms with Crippen molar-refractivity contribution in [3.8, 4) is 11.8 Å². The lowest BCUT2D eigenvalue weighted by Crippen LogP contribution is -2.17. The zero-order valence-corrected chi connectivity index (χ0v) is 19.6. The molecule has 9 heteroatoms. The van der Waals surface area contributed by atoms with Crippen LogP contribution in [0.4, 0.5) is 10.5 Å². The van der Waals surface area contributed by atoms with Gasteiger partial charge < -0.3 is 9.47 Å². The number of hydrogen-bond acceptors (Lipinski definition) is 7. The van der Waals surface area contributed by atoms with Crippen LogP contribution in [0.3, 0.4) is 0 Å². The van der Waals surface area contributed by atoms with Gasteiger partial charge >= 0.3 is 6.09 Å². The second-order valence-corrected chi connectivity index (χ2v) is 9.00. The number of nitrogens with one attached hydrogen (secondary N) is 1. The van der Waals surface area contributed by atoms with Crippen LogP contribution < -0.4 is 10.1 Å². The molecular weight excluding hydrogens is 444 g/mol. The van der Waals surface area contributed by atoms with Crippen LogP contribution in [0.15, 0.2) is 48.8 Å². The number of carbonyl (C=O) groups excluding carboxylic acids is 1. The number of rotatable bonds is 8. The molecule has 0 aliphatic heterocycles. The molecule has 1 saturated carbocycles. The smallest absolute Gasteiger partial charge is 0.411 e. The van der Waals surface area contributed by atoms with E-state index < -0.39 is 6.09 Å². The summed E-state index contributed by atoms with van der Waals surface area (Å²) in [5.74, 6) is 1.41.